The van der Waals surface area contributed by atoms with Gasteiger partial charge in [-0.3, -0.25) is 4.79 Å². The predicted molar refractivity (Wildman–Crippen MR) is 85.7 cm³/mol. The molecule has 1 fully saturated rings. The van der Waals surface area contributed by atoms with E-state index in [4.69, 9.17) is 0 Å². The Balaban J connectivity index is 1.93. The van der Waals surface area contributed by atoms with Crippen molar-refractivity contribution in [2.24, 2.45) is 0 Å². The first-order valence-corrected chi connectivity index (χ1v) is 8.31. The lowest BCUT2D eigenvalue weighted by molar-refractivity contribution is -0.291. The van der Waals surface area contributed by atoms with Crippen LogP contribution < -0.4 is 5.32 Å². The molecule has 11 heteroatoms. The van der Waals surface area contributed by atoms with Crippen LogP contribution in [0.4, 0.5) is 22.0 Å². The first-order chi connectivity index (χ1) is 12.5. The molecule has 3 rings (SSSR count). The standard InChI is InChI=1S/C16H18F5N5O/c1-9-7-12(15(17,18)16(19,20)21)26-13(22-9)8-11(24-26)14(27)23-10-3-5-25(2)6-4-10/h7-8,10H,3-6H2,1-2H3,(H,23,27). The third-order valence-corrected chi connectivity index (χ3v) is 4.52. The van der Waals surface area contributed by atoms with E-state index in [1.54, 1.807) is 0 Å². The first kappa shape index (κ1) is 19.5. The van der Waals surface area contributed by atoms with Crippen LogP contribution in [0.3, 0.4) is 0 Å². The number of aromatic nitrogens is 3. The van der Waals surface area contributed by atoms with Crippen molar-refractivity contribution < 1.29 is 26.7 Å². The van der Waals surface area contributed by atoms with Crippen molar-refractivity contribution in [3.8, 4) is 0 Å². The lowest BCUT2D eigenvalue weighted by Crippen LogP contribution is -2.43. The smallest absolute Gasteiger partial charge is 0.348 e. The number of aryl methyl sites for hydroxylation is 1. The largest absolute Gasteiger partial charge is 0.459 e. The molecule has 27 heavy (non-hydrogen) atoms. The van der Waals surface area contributed by atoms with Crippen molar-refractivity contribution in [2.75, 3.05) is 20.1 Å². The normalized spacial score (nSPS) is 17.4. The maximum atomic E-state index is 13.9. The lowest BCUT2D eigenvalue weighted by atomic mass is 10.1. The molecule has 0 spiro atoms. The second-order valence-electron chi connectivity index (χ2n) is 6.71. The predicted octanol–water partition coefficient (Wildman–Crippen LogP) is 2.52. The fourth-order valence-electron chi connectivity index (χ4n) is 2.99. The molecule has 0 aliphatic carbocycles. The highest BCUT2D eigenvalue weighted by atomic mass is 19.4. The van der Waals surface area contributed by atoms with Gasteiger partial charge in [0.15, 0.2) is 11.3 Å². The summed E-state index contributed by atoms with van der Waals surface area (Å²) < 4.78 is 66.5. The zero-order chi connectivity index (χ0) is 20.0. The van der Waals surface area contributed by atoms with Crippen LogP contribution in [0.1, 0.15) is 34.7 Å². The number of amides is 1. The summed E-state index contributed by atoms with van der Waals surface area (Å²) in [6.07, 6.45) is -4.37. The van der Waals surface area contributed by atoms with Gasteiger partial charge in [-0.1, -0.05) is 0 Å². The molecule has 1 saturated heterocycles. The Morgan fingerprint density at radius 3 is 2.41 bits per heavy atom. The topological polar surface area (TPSA) is 62.5 Å². The van der Waals surface area contributed by atoms with Gasteiger partial charge in [-0.05, 0) is 46.0 Å². The number of hydrogen-bond donors (Lipinski definition) is 1. The number of hydrogen-bond acceptors (Lipinski definition) is 4. The number of carbonyl (C=O) groups excluding carboxylic acids is 1. The van der Waals surface area contributed by atoms with Gasteiger partial charge in [0.25, 0.3) is 5.91 Å². The average Bonchev–Trinajstić information content (AvgIpc) is 2.99. The molecular formula is C16H18F5N5O. The number of halogens is 5. The Kier molecular flexibility index (Phi) is 4.83. The second-order valence-corrected chi connectivity index (χ2v) is 6.71. The number of carbonyl (C=O) groups is 1. The molecule has 0 saturated carbocycles. The molecule has 0 radical (unpaired) electrons. The summed E-state index contributed by atoms with van der Waals surface area (Å²) >= 11 is 0. The number of piperidine rings is 1. The van der Waals surface area contributed by atoms with E-state index < -0.39 is 23.7 Å². The molecule has 148 valence electrons. The Labute approximate surface area is 151 Å². The minimum Gasteiger partial charge on any atom is -0.348 e. The fraction of sp³-hybridized carbons (Fsp3) is 0.562. The SMILES string of the molecule is Cc1cc(C(F)(F)C(F)(F)F)n2nc(C(=O)NC3CCN(C)CC3)cc2n1. The van der Waals surface area contributed by atoms with Crippen LogP contribution >= 0.6 is 0 Å². The van der Waals surface area contributed by atoms with Crippen LogP contribution in [-0.4, -0.2) is 57.8 Å². The molecule has 3 heterocycles. The Hall–Kier alpha value is -2.30. The second kappa shape index (κ2) is 6.70. The number of fused-ring (bicyclic) bond motifs is 1. The van der Waals surface area contributed by atoms with Gasteiger partial charge in [0.2, 0.25) is 0 Å². The van der Waals surface area contributed by atoms with E-state index in [0.29, 0.717) is 23.4 Å². The number of rotatable bonds is 3. The fourth-order valence-corrected chi connectivity index (χ4v) is 2.99. The van der Waals surface area contributed by atoms with Crippen molar-refractivity contribution in [1.29, 1.82) is 0 Å². The van der Waals surface area contributed by atoms with E-state index in [9.17, 15) is 26.7 Å². The van der Waals surface area contributed by atoms with Gasteiger partial charge in [-0.2, -0.15) is 27.1 Å². The lowest BCUT2D eigenvalue weighted by Gasteiger charge is -2.29. The zero-order valence-corrected chi connectivity index (χ0v) is 14.6. The summed E-state index contributed by atoms with van der Waals surface area (Å²) in [4.78, 5) is 18.4. The summed E-state index contributed by atoms with van der Waals surface area (Å²) in [5, 5.41) is 6.41. The van der Waals surface area contributed by atoms with E-state index in [2.05, 4.69) is 20.3 Å². The molecule has 2 aromatic rings. The molecule has 6 nitrogen and oxygen atoms in total. The molecule has 0 aromatic carbocycles. The molecule has 1 amide bonds. The quantitative estimate of drug-likeness (QED) is 0.817. The maximum Gasteiger partial charge on any atom is 0.459 e. The van der Waals surface area contributed by atoms with E-state index >= 15 is 0 Å². The molecule has 0 atom stereocenters. The van der Waals surface area contributed by atoms with Crippen molar-refractivity contribution in [1.82, 2.24) is 24.8 Å². The molecule has 0 unspecified atom stereocenters. The molecule has 0 bridgehead atoms. The van der Waals surface area contributed by atoms with Gasteiger partial charge in [-0.15, -0.1) is 0 Å². The van der Waals surface area contributed by atoms with Crippen LogP contribution in [0, 0.1) is 6.92 Å². The number of nitrogens with zero attached hydrogens (tertiary/aromatic N) is 4. The van der Waals surface area contributed by atoms with E-state index in [-0.39, 0.29) is 23.1 Å². The van der Waals surface area contributed by atoms with E-state index in [0.717, 1.165) is 19.2 Å². The van der Waals surface area contributed by atoms with Gasteiger partial charge in [0.1, 0.15) is 5.69 Å². The minimum absolute atomic E-state index is 0.0383. The average molecular weight is 391 g/mol. The highest BCUT2D eigenvalue weighted by molar-refractivity contribution is 5.93. The van der Waals surface area contributed by atoms with Crippen molar-refractivity contribution in [3.63, 3.8) is 0 Å². The monoisotopic (exact) mass is 391 g/mol. The summed E-state index contributed by atoms with van der Waals surface area (Å²) in [7, 11) is 1.95. The molecular weight excluding hydrogens is 373 g/mol. The van der Waals surface area contributed by atoms with Crippen LogP contribution in [0.25, 0.3) is 5.65 Å². The highest BCUT2D eigenvalue weighted by Crippen LogP contribution is 2.43. The van der Waals surface area contributed by atoms with Crippen LogP contribution in [0.15, 0.2) is 12.1 Å². The third-order valence-electron chi connectivity index (χ3n) is 4.52. The molecule has 1 aliphatic rings. The van der Waals surface area contributed by atoms with Crippen molar-refractivity contribution >= 4 is 11.6 Å². The highest BCUT2D eigenvalue weighted by Gasteiger charge is 2.60. The van der Waals surface area contributed by atoms with E-state index in [1.807, 2.05) is 7.05 Å². The van der Waals surface area contributed by atoms with E-state index in [1.165, 1.54) is 6.92 Å². The van der Waals surface area contributed by atoms with Gasteiger partial charge >= 0.3 is 12.1 Å². The Morgan fingerprint density at radius 2 is 1.81 bits per heavy atom. The Bertz CT molecular complexity index is 855. The van der Waals surface area contributed by atoms with Gasteiger partial charge in [-0.25, -0.2) is 9.50 Å². The van der Waals surface area contributed by atoms with Gasteiger partial charge in [0, 0.05) is 17.8 Å². The number of nitrogens with one attached hydrogen (secondary N) is 1. The van der Waals surface area contributed by atoms with Crippen LogP contribution in [0.5, 0.6) is 0 Å². The van der Waals surface area contributed by atoms with Crippen molar-refractivity contribution in [3.05, 3.63) is 29.2 Å². The van der Waals surface area contributed by atoms with Crippen molar-refractivity contribution in [2.45, 2.75) is 37.9 Å². The number of likely N-dealkylation sites (tertiary alicyclic amines) is 1. The zero-order valence-electron chi connectivity index (χ0n) is 14.6. The third kappa shape index (κ3) is 3.73. The Morgan fingerprint density at radius 1 is 1.19 bits per heavy atom. The first-order valence-electron chi connectivity index (χ1n) is 8.31. The molecule has 1 N–H and O–H groups in total. The maximum absolute atomic E-state index is 13.9. The molecule has 2 aromatic heterocycles. The number of alkyl halides is 5. The summed E-state index contributed by atoms with van der Waals surface area (Å²) in [6, 6.07) is 1.61. The van der Waals surface area contributed by atoms with Crippen LogP contribution in [-0.2, 0) is 5.92 Å². The summed E-state index contributed by atoms with van der Waals surface area (Å²) in [6.45, 7) is 2.87. The summed E-state index contributed by atoms with van der Waals surface area (Å²) in [5.74, 6) is -5.76. The van der Waals surface area contributed by atoms with Crippen LogP contribution in [0.2, 0.25) is 0 Å². The summed E-state index contributed by atoms with van der Waals surface area (Å²) in [5.41, 5.74) is -1.92. The van der Waals surface area contributed by atoms with Gasteiger partial charge < -0.3 is 10.2 Å². The van der Waals surface area contributed by atoms with Gasteiger partial charge in [0.05, 0.1) is 0 Å². The molecule has 1 aliphatic heterocycles. The minimum atomic E-state index is -5.80.